The third kappa shape index (κ3) is 3.52. The molecule has 1 aliphatic heterocycles. The zero-order valence-corrected chi connectivity index (χ0v) is 17.5. The summed E-state index contributed by atoms with van der Waals surface area (Å²) in [6.07, 6.45) is 0.191. The lowest BCUT2D eigenvalue weighted by molar-refractivity contribution is -0.121. The number of aromatic nitrogens is 1. The molecule has 0 unspecified atom stereocenters. The summed E-state index contributed by atoms with van der Waals surface area (Å²) in [7, 11) is 0. The van der Waals surface area contributed by atoms with Gasteiger partial charge in [0.25, 0.3) is 0 Å². The van der Waals surface area contributed by atoms with Crippen molar-refractivity contribution in [2.24, 2.45) is 0 Å². The van der Waals surface area contributed by atoms with Crippen LogP contribution in [0.2, 0.25) is 0 Å². The number of anilines is 1. The fourth-order valence-corrected chi connectivity index (χ4v) is 5.68. The van der Waals surface area contributed by atoms with Crippen molar-refractivity contribution in [3.63, 3.8) is 0 Å². The lowest BCUT2D eigenvalue weighted by atomic mass is 10.1. The van der Waals surface area contributed by atoms with Crippen LogP contribution in [0.1, 0.15) is 24.5 Å². The first-order chi connectivity index (χ1) is 13.5. The molecule has 0 N–H and O–H groups in total. The number of nitrogens with zero attached hydrogens (tertiary/aromatic N) is 2. The first-order valence-electron chi connectivity index (χ1n) is 9.10. The highest BCUT2D eigenvalue weighted by Gasteiger charge is 2.41. The largest absolute Gasteiger partial charge is 0.494 e. The Bertz CT molecular complexity index is 1080. The van der Waals surface area contributed by atoms with Crippen molar-refractivity contribution < 1.29 is 14.3 Å². The van der Waals surface area contributed by atoms with Gasteiger partial charge in [0.05, 0.1) is 22.5 Å². The number of fused-ring (bicyclic) bond motifs is 1. The van der Waals surface area contributed by atoms with Crippen molar-refractivity contribution in [3.05, 3.63) is 47.5 Å². The standard InChI is InChI=1S/C21H20N2O3S2/c1-4-26-14-6-7-15-17(10-14)27-21(22-15)28-18-11-19(24)23(20(18)25)16-8-5-12(2)9-13(16)3/h5-10,18H,4,11H2,1-3H3/t18-/m0/s1. The summed E-state index contributed by atoms with van der Waals surface area (Å²) in [5.74, 6) is 0.480. The predicted molar refractivity (Wildman–Crippen MR) is 113 cm³/mol. The SMILES string of the molecule is CCOc1ccc2nc(S[C@H]3CC(=O)N(c4ccc(C)cc4C)C3=O)sc2c1. The van der Waals surface area contributed by atoms with E-state index >= 15 is 0 Å². The Morgan fingerprint density at radius 1 is 1.21 bits per heavy atom. The van der Waals surface area contributed by atoms with E-state index in [9.17, 15) is 9.59 Å². The van der Waals surface area contributed by atoms with Crippen molar-refractivity contribution in [1.82, 2.24) is 4.98 Å². The lowest BCUT2D eigenvalue weighted by Gasteiger charge is -2.17. The van der Waals surface area contributed by atoms with Crippen molar-refractivity contribution in [2.75, 3.05) is 11.5 Å². The first kappa shape index (κ1) is 19.0. The van der Waals surface area contributed by atoms with Crippen LogP contribution in [0.4, 0.5) is 5.69 Å². The molecule has 1 atom stereocenters. The fraction of sp³-hybridized carbons (Fsp3) is 0.286. The molecule has 2 amide bonds. The van der Waals surface area contributed by atoms with E-state index in [0.29, 0.717) is 12.3 Å². The molecular weight excluding hydrogens is 392 g/mol. The van der Waals surface area contributed by atoms with Crippen LogP contribution in [0, 0.1) is 13.8 Å². The van der Waals surface area contributed by atoms with Gasteiger partial charge in [-0.05, 0) is 50.6 Å². The van der Waals surface area contributed by atoms with Gasteiger partial charge in [-0.2, -0.15) is 0 Å². The van der Waals surface area contributed by atoms with Gasteiger partial charge >= 0.3 is 0 Å². The third-order valence-corrected chi connectivity index (χ3v) is 6.89. The monoisotopic (exact) mass is 412 g/mol. The van der Waals surface area contributed by atoms with Gasteiger partial charge in [-0.15, -0.1) is 11.3 Å². The third-order valence-electron chi connectivity index (χ3n) is 4.59. The molecule has 2 heterocycles. The minimum absolute atomic E-state index is 0.158. The predicted octanol–water partition coefficient (Wildman–Crippen LogP) is 4.74. The van der Waals surface area contributed by atoms with Crippen LogP contribution in [-0.2, 0) is 9.59 Å². The number of amides is 2. The Balaban J connectivity index is 1.56. The number of imide groups is 1. The number of carbonyl (C=O) groups excluding carboxylic acids is 2. The minimum atomic E-state index is -0.444. The Hall–Kier alpha value is -2.38. The maximum Gasteiger partial charge on any atom is 0.247 e. The molecule has 1 aliphatic rings. The molecule has 0 saturated carbocycles. The first-order valence-corrected chi connectivity index (χ1v) is 10.8. The quantitative estimate of drug-likeness (QED) is 0.567. The van der Waals surface area contributed by atoms with E-state index < -0.39 is 5.25 Å². The molecule has 3 aromatic rings. The number of hydrogen-bond donors (Lipinski definition) is 0. The topological polar surface area (TPSA) is 59.5 Å². The maximum absolute atomic E-state index is 13.0. The molecule has 144 valence electrons. The van der Waals surface area contributed by atoms with Gasteiger partial charge in [0, 0.05) is 6.42 Å². The van der Waals surface area contributed by atoms with Crippen LogP contribution in [-0.4, -0.2) is 28.7 Å². The van der Waals surface area contributed by atoms with Crippen LogP contribution in [0.25, 0.3) is 10.2 Å². The van der Waals surface area contributed by atoms with E-state index in [1.54, 1.807) is 0 Å². The van der Waals surface area contributed by atoms with Crippen LogP contribution < -0.4 is 9.64 Å². The number of thiazole rings is 1. The van der Waals surface area contributed by atoms with Crippen LogP contribution >= 0.6 is 23.1 Å². The van der Waals surface area contributed by atoms with Crippen molar-refractivity contribution in [2.45, 2.75) is 36.8 Å². The molecule has 0 radical (unpaired) electrons. The second-order valence-corrected chi connectivity index (χ2v) is 9.19. The fourth-order valence-electron chi connectivity index (χ4n) is 3.32. The zero-order chi connectivity index (χ0) is 19.8. The summed E-state index contributed by atoms with van der Waals surface area (Å²) in [4.78, 5) is 31.5. The number of aryl methyl sites for hydroxylation is 2. The van der Waals surface area contributed by atoms with E-state index in [0.717, 1.165) is 31.4 Å². The highest BCUT2D eigenvalue weighted by molar-refractivity contribution is 8.02. The highest BCUT2D eigenvalue weighted by Crippen LogP contribution is 2.39. The van der Waals surface area contributed by atoms with Gasteiger partial charge in [0.15, 0.2) is 4.34 Å². The smallest absolute Gasteiger partial charge is 0.247 e. The molecule has 1 fully saturated rings. The number of thioether (sulfide) groups is 1. The summed E-state index contributed by atoms with van der Waals surface area (Å²) in [6, 6.07) is 11.5. The Kier molecular flexibility index (Phi) is 5.12. The number of rotatable bonds is 5. The van der Waals surface area contributed by atoms with Crippen molar-refractivity contribution in [3.8, 4) is 5.75 Å². The maximum atomic E-state index is 13.0. The van der Waals surface area contributed by atoms with Crippen molar-refractivity contribution >= 4 is 50.8 Å². The summed E-state index contributed by atoms with van der Waals surface area (Å²) in [6.45, 7) is 6.47. The summed E-state index contributed by atoms with van der Waals surface area (Å²) in [5.41, 5.74) is 3.58. The van der Waals surface area contributed by atoms with Crippen LogP contribution in [0.5, 0.6) is 5.75 Å². The lowest BCUT2D eigenvalue weighted by Crippen LogP contribution is -2.31. The van der Waals surface area contributed by atoms with Crippen LogP contribution in [0.3, 0.4) is 0 Å². The number of hydrogen-bond acceptors (Lipinski definition) is 6. The van der Waals surface area contributed by atoms with Crippen LogP contribution in [0.15, 0.2) is 40.7 Å². The molecule has 5 nitrogen and oxygen atoms in total. The van der Waals surface area contributed by atoms with E-state index in [4.69, 9.17) is 4.74 Å². The van der Waals surface area contributed by atoms with Gasteiger partial charge in [-0.3, -0.25) is 9.59 Å². The second-order valence-electron chi connectivity index (χ2n) is 6.71. The highest BCUT2D eigenvalue weighted by atomic mass is 32.2. The molecular formula is C21H20N2O3S2. The molecule has 1 saturated heterocycles. The second kappa shape index (κ2) is 7.56. The molecule has 0 aliphatic carbocycles. The molecule has 7 heteroatoms. The average Bonchev–Trinajstić information content (AvgIpc) is 3.16. The normalized spacial score (nSPS) is 17.0. The molecule has 2 aromatic carbocycles. The van der Waals surface area contributed by atoms with Gasteiger partial charge in [-0.1, -0.05) is 29.5 Å². The average molecular weight is 413 g/mol. The van der Waals surface area contributed by atoms with Gasteiger partial charge < -0.3 is 4.74 Å². The number of benzene rings is 2. The molecule has 0 bridgehead atoms. The zero-order valence-electron chi connectivity index (χ0n) is 15.9. The Morgan fingerprint density at radius 3 is 2.79 bits per heavy atom. The number of ether oxygens (including phenoxy) is 1. The Labute approximate surface area is 171 Å². The summed E-state index contributed by atoms with van der Waals surface area (Å²) >= 11 is 2.89. The number of carbonyl (C=O) groups is 2. The molecule has 28 heavy (non-hydrogen) atoms. The van der Waals surface area contributed by atoms with E-state index in [2.05, 4.69) is 4.98 Å². The molecule has 0 spiro atoms. The van der Waals surface area contributed by atoms with Gasteiger partial charge in [-0.25, -0.2) is 9.88 Å². The summed E-state index contributed by atoms with van der Waals surface area (Å²) in [5, 5.41) is -0.444. The Morgan fingerprint density at radius 2 is 2.04 bits per heavy atom. The molecule has 1 aromatic heterocycles. The van der Waals surface area contributed by atoms with Crippen molar-refractivity contribution in [1.29, 1.82) is 0 Å². The summed E-state index contributed by atoms with van der Waals surface area (Å²) < 4.78 is 7.34. The van der Waals surface area contributed by atoms with Gasteiger partial charge in [0.1, 0.15) is 11.0 Å². The van der Waals surface area contributed by atoms with E-state index in [-0.39, 0.29) is 18.2 Å². The minimum Gasteiger partial charge on any atom is -0.494 e. The van der Waals surface area contributed by atoms with E-state index in [1.165, 1.54) is 28.0 Å². The van der Waals surface area contributed by atoms with E-state index in [1.807, 2.05) is 57.2 Å². The molecule has 4 rings (SSSR count). The van der Waals surface area contributed by atoms with Gasteiger partial charge in [0.2, 0.25) is 11.8 Å².